The summed E-state index contributed by atoms with van der Waals surface area (Å²) in [6, 6.07) is 6.53. The van der Waals surface area contributed by atoms with Gasteiger partial charge < -0.3 is 10.6 Å². The third-order valence-corrected chi connectivity index (χ3v) is 3.38. The Morgan fingerprint density at radius 2 is 1.92 bits per heavy atom. The second-order valence-electron chi connectivity index (χ2n) is 5.50. The first-order chi connectivity index (χ1) is 11.8. The molecule has 0 bridgehead atoms. The molecule has 0 aliphatic heterocycles. The molecular weight excluding hydrogens is 333 g/mol. The molecule has 1 heterocycles. The van der Waals surface area contributed by atoms with Crippen LogP contribution in [0.25, 0.3) is 0 Å². The Labute approximate surface area is 143 Å². The van der Waals surface area contributed by atoms with E-state index in [1.165, 1.54) is 24.3 Å². The van der Waals surface area contributed by atoms with Crippen LogP contribution in [0.4, 0.5) is 24.8 Å². The third-order valence-electron chi connectivity index (χ3n) is 3.38. The van der Waals surface area contributed by atoms with Crippen molar-refractivity contribution in [2.24, 2.45) is 0 Å². The van der Waals surface area contributed by atoms with E-state index in [2.05, 4.69) is 20.6 Å². The first-order valence-corrected chi connectivity index (χ1v) is 7.88. The molecule has 0 radical (unpaired) electrons. The quantitative estimate of drug-likeness (QED) is 0.769. The molecule has 1 aromatic carbocycles. The highest BCUT2D eigenvalue weighted by molar-refractivity contribution is 5.92. The fourth-order valence-electron chi connectivity index (χ4n) is 2.17. The number of hydrogen-bond donors (Lipinski definition) is 2. The zero-order chi connectivity index (χ0) is 18.4. The van der Waals surface area contributed by atoms with Gasteiger partial charge in [-0.25, -0.2) is 9.97 Å². The Kier molecular flexibility index (Phi) is 5.95. The SMILES string of the molecule is CCCCNC(=O)c1cc(C)nc(Nc2ccccc2C(F)(F)F)n1. The van der Waals surface area contributed by atoms with Gasteiger partial charge in [-0.2, -0.15) is 13.2 Å². The molecule has 2 N–H and O–H groups in total. The van der Waals surface area contributed by atoms with Crippen LogP contribution in [0, 0.1) is 6.92 Å². The number of aryl methyl sites for hydroxylation is 1. The molecule has 2 aromatic rings. The van der Waals surface area contributed by atoms with Gasteiger partial charge in [-0.1, -0.05) is 25.5 Å². The topological polar surface area (TPSA) is 66.9 Å². The van der Waals surface area contributed by atoms with E-state index in [9.17, 15) is 18.0 Å². The minimum atomic E-state index is -4.51. The number of carbonyl (C=O) groups excluding carboxylic acids is 1. The summed E-state index contributed by atoms with van der Waals surface area (Å²) in [6.45, 7) is 4.16. The number of nitrogens with one attached hydrogen (secondary N) is 2. The number of hydrogen-bond acceptors (Lipinski definition) is 4. The highest BCUT2D eigenvalue weighted by Crippen LogP contribution is 2.35. The van der Waals surface area contributed by atoms with E-state index in [0.29, 0.717) is 12.2 Å². The van der Waals surface area contributed by atoms with Crippen LogP contribution in [-0.4, -0.2) is 22.4 Å². The van der Waals surface area contributed by atoms with Crippen molar-refractivity contribution >= 4 is 17.5 Å². The predicted octanol–water partition coefficient (Wildman–Crippen LogP) is 4.08. The second-order valence-corrected chi connectivity index (χ2v) is 5.50. The van der Waals surface area contributed by atoms with E-state index in [1.54, 1.807) is 6.92 Å². The number of amides is 1. The normalized spacial score (nSPS) is 11.2. The van der Waals surface area contributed by atoms with Crippen molar-refractivity contribution in [2.75, 3.05) is 11.9 Å². The number of carbonyl (C=O) groups is 1. The average molecular weight is 352 g/mol. The monoisotopic (exact) mass is 352 g/mol. The Morgan fingerprint density at radius 3 is 2.60 bits per heavy atom. The molecule has 0 saturated heterocycles. The van der Waals surface area contributed by atoms with Crippen LogP contribution in [0.3, 0.4) is 0 Å². The van der Waals surface area contributed by atoms with Gasteiger partial charge in [-0.05, 0) is 31.5 Å². The molecule has 0 atom stereocenters. The first kappa shape index (κ1) is 18.7. The molecule has 0 aliphatic rings. The van der Waals surface area contributed by atoms with Gasteiger partial charge in [0.15, 0.2) is 0 Å². The molecule has 25 heavy (non-hydrogen) atoms. The molecule has 0 unspecified atom stereocenters. The fraction of sp³-hybridized carbons (Fsp3) is 0.353. The van der Waals surface area contributed by atoms with E-state index in [4.69, 9.17) is 0 Å². The van der Waals surface area contributed by atoms with Gasteiger partial charge in [0.1, 0.15) is 5.69 Å². The lowest BCUT2D eigenvalue weighted by Gasteiger charge is -2.14. The Morgan fingerprint density at radius 1 is 1.20 bits per heavy atom. The summed E-state index contributed by atoms with van der Waals surface area (Å²) < 4.78 is 39.2. The number of alkyl halides is 3. The predicted molar refractivity (Wildman–Crippen MR) is 88.7 cm³/mol. The largest absolute Gasteiger partial charge is 0.418 e. The molecule has 8 heteroatoms. The summed E-state index contributed by atoms with van der Waals surface area (Å²) in [7, 11) is 0. The Balaban J connectivity index is 2.25. The molecule has 0 spiro atoms. The molecule has 0 saturated carbocycles. The van der Waals surface area contributed by atoms with Gasteiger partial charge in [-0.3, -0.25) is 4.79 Å². The number of benzene rings is 1. The van der Waals surface area contributed by atoms with E-state index in [-0.39, 0.29) is 23.2 Å². The molecule has 5 nitrogen and oxygen atoms in total. The van der Waals surface area contributed by atoms with E-state index < -0.39 is 11.7 Å². The van der Waals surface area contributed by atoms with Crippen molar-refractivity contribution in [3.63, 3.8) is 0 Å². The maximum atomic E-state index is 13.1. The molecule has 2 rings (SSSR count). The minimum absolute atomic E-state index is 0.0580. The first-order valence-electron chi connectivity index (χ1n) is 7.88. The fourth-order valence-corrected chi connectivity index (χ4v) is 2.17. The van der Waals surface area contributed by atoms with Crippen molar-refractivity contribution in [3.8, 4) is 0 Å². The molecular formula is C17H19F3N4O. The Hall–Kier alpha value is -2.64. The van der Waals surface area contributed by atoms with Gasteiger partial charge in [-0.15, -0.1) is 0 Å². The summed E-state index contributed by atoms with van der Waals surface area (Å²) in [5.41, 5.74) is -0.412. The maximum absolute atomic E-state index is 13.1. The summed E-state index contributed by atoms with van der Waals surface area (Å²) in [4.78, 5) is 20.2. The number of rotatable bonds is 6. The number of unbranched alkanes of at least 4 members (excludes halogenated alkanes) is 1. The van der Waals surface area contributed by atoms with Gasteiger partial charge in [0.05, 0.1) is 11.3 Å². The summed E-state index contributed by atoms with van der Waals surface area (Å²) in [6.07, 6.45) is -2.74. The van der Waals surface area contributed by atoms with E-state index in [1.807, 2.05) is 6.92 Å². The van der Waals surface area contributed by atoms with Crippen LogP contribution in [0.5, 0.6) is 0 Å². The minimum Gasteiger partial charge on any atom is -0.351 e. The van der Waals surface area contributed by atoms with Crippen LogP contribution in [0.15, 0.2) is 30.3 Å². The summed E-state index contributed by atoms with van der Waals surface area (Å²) >= 11 is 0. The zero-order valence-corrected chi connectivity index (χ0v) is 13.9. The zero-order valence-electron chi connectivity index (χ0n) is 13.9. The van der Waals surface area contributed by atoms with Crippen molar-refractivity contribution in [3.05, 3.63) is 47.3 Å². The standard InChI is InChI=1S/C17H19F3N4O/c1-3-4-9-21-15(25)14-10-11(2)22-16(24-14)23-13-8-6-5-7-12(13)17(18,19)20/h5-8,10H,3-4,9H2,1-2H3,(H,21,25)(H,22,23,24). The van der Waals surface area contributed by atoms with Crippen molar-refractivity contribution in [1.29, 1.82) is 0 Å². The highest BCUT2D eigenvalue weighted by atomic mass is 19.4. The number of nitrogens with zero attached hydrogens (tertiary/aromatic N) is 2. The van der Waals surface area contributed by atoms with E-state index >= 15 is 0 Å². The van der Waals surface area contributed by atoms with Crippen molar-refractivity contribution < 1.29 is 18.0 Å². The summed E-state index contributed by atoms with van der Waals surface area (Å²) in [5.74, 6) is -0.441. The lowest BCUT2D eigenvalue weighted by atomic mass is 10.1. The smallest absolute Gasteiger partial charge is 0.351 e. The van der Waals surface area contributed by atoms with E-state index in [0.717, 1.165) is 18.9 Å². The molecule has 1 aromatic heterocycles. The molecule has 0 aliphatic carbocycles. The van der Waals surface area contributed by atoms with Crippen molar-refractivity contribution in [2.45, 2.75) is 32.9 Å². The van der Waals surface area contributed by atoms with Gasteiger partial charge in [0.25, 0.3) is 5.91 Å². The third kappa shape index (κ3) is 5.17. The Bertz CT molecular complexity index is 747. The maximum Gasteiger partial charge on any atom is 0.418 e. The van der Waals surface area contributed by atoms with Crippen LogP contribution < -0.4 is 10.6 Å². The molecule has 0 fully saturated rings. The number of para-hydroxylation sites is 1. The number of anilines is 2. The van der Waals surface area contributed by atoms with Gasteiger partial charge in [0, 0.05) is 12.2 Å². The van der Waals surface area contributed by atoms with Crippen LogP contribution in [-0.2, 0) is 6.18 Å². The average Bonchev–Trinajstić information content (AvgIpc) is 2.54. The van der Waals surface area contributed by atoms with Gasteiger partial charge >= 0.3 is 6.18 Å². The number of aromatic nitrogens is 2. The molecule has 1 amide bonds. The lowest BCUT2D eigenvalue weighted by Crippen LogP contribution is -2.25. The summed E-state index contributed by atoms with van der Waals surface area (Å²) in [5, 5.41) is 5.28. The highest BCUT2D eigenvalue weighted by Gasteiger charge is 2.33. The lowest BCUT2D eigenvalue weighted by molar-refractivity contribution is -0.136. The van der Waals surface area contributed by atoms with Crippen LogP contribution in [0.1, 0.15) is 41.5 Å². The second kappa shape index (κ2) is 7.96. The molecule has 134 valence electrons. The van der Waals surface area contributed by atoms with Crippen LogP contribution >= 0.6 is 0 Å². The van der Waals surface area contributed by atoms with Crippen molar-refractivity contribution in [1.82, 2.24) is 15.3 Å². The van der Waals surface area contributed by atoms with Crippen LogP contribution in [0.2, 0.25) is 0 Å². The van der Waals surface area contributed by atoms with Gasteiger partial charge in [0.2, 0.25) is 5.95 Å². The number of halogens is 3.